The number of carbonyl (C=O) groups is 1. The summed E-state index contributed by atoms with van der Waals surface area (Å²) in [5.41, 5.74) is 0.936. The zero-order valence-corrected chi connectivity index (χ0v) is 10.1. The van der Waals surface area contributed by atoms with Crippen LogP contribution in [0.1, 0.15) is 5.56 Å². The SMILES string of the molecule is COc1cc(C[C@H]2COC(=O)[C@@H]2CO)ccc1O. The van der Waals surface area contributed by atoms with Gasteiger partial charge in [0.1, 0.15) is 0 Å². The first-order valence-corrected chi connectivity index (χ1v) is 5.79. The summed E-state index contributed by atoms with van der Waals surface area (Å²) in [6, 6.07) is 5.06. The summed E-state index contributed by atoms with van der Waals surface area (Å²) < 4.78 is 9.97. The predicted molar refractivity (Wildman–Crippen MR) is 63.4 cm³/mol. The number of phenols is 1. The van der Waals surface area contributed by atoms with Crippen molar-refractivity contribution in [2.45, 2.75) is 6.42 Å². The number of ether oxygens (including phenoxy) is 2. The number of rotatable bonds is 4. The number of methoxy groups -OCH3 is 1. The van der Waals surface area contributed by atoms with Crippen LogP contribution >= 0.6 is 0 Å². The fraction of sp³-hybridized carbons (Fsp3) is 0.462. The molecule has 98 valence electrons. The molecule has 1 saturated heterocycles. The van der Waals surface area contributed by atoms with Crippen molar-refractivity contribution >= 4 is 5.97 Å². The summed E-state index contributed by atoms with van der Waals surface area (Å²) >= 11 is 0. The molecule has 0 amide bonds. The summed E-state index contributed by atoms with van der Waals surface area (Å²) in [7, 11) is 1.48. The second kappa shape index (κ2) is 5.27. The van der Waals surface area contributed by atoms with E-state index in [9.17, 15) is 9.90 Å². The summed E-state index contributed by atoms with van der Waals surface area (Å²) in [5.74, 6) is -0.341. The second-order valence-corrected chi connectivity index (χ2v) is 4.39. The zero-order valence-electron chi connectivity index (χ0n) is 10.1. The molecule has 1 aromatic carbocycles. The highest BCUT2D eigenvalue weighted by molar-refractivity contribution is 5.74. The first-order chi connectivity index (χ1) is 8.65. The summed E-state index contributed by atoms with van der Waals surface area (Å²) in [6.45, 7) is 0.131. The van der Waals surface area contributed by atoms with E-state index in [0.717, 1.165) is 5.56 Å². The quantitative estimate of drug-likeness (QED) is 0.772. The first kappa shape index (κ1) is 12.7. The van der Waals surface area contributed by atoms with Crippen LogP contribution < -0.4 is 4.74 Å². The molecule has 2 rings (SSSR count). The Balaban J connectivity index is 2.12. The Kier molecular flexibility index (Phi) is 3.72. The molecule has 1 heterocycles. The molecule has 5 nitrogen and oxygen atoms in total. The van der Waals surface area contributed by atoms with Crippen molar-refractivity contribution in [2.75, 3.05) is 20.3 Å². The van der Waals surface area contributed by atoms with Crippen LogP contribution in [0.15, 0.2) is 18.2 Å². The van der Waals surface area contributed by atoms with Gasteiger partial charge in [-0.15, -0.1) is 0 Å². The third-order valence-corrected chi connectivity index (χ3v) is 3.25. The lowest BCUT2D eigenvalue weighted by molar-refractivity contribution is -0.142. The minimum atomic E-state index is -0.454. The monoisotopic (exact) mass is 252 g/mol. The molecule has 1 aromatic rings. The van der Waals surface area contributed by atoms with Gasteiger partial charge in [0.15, 0.2) is 11.5 Å². The minimum absolute atomic E-state index is 0.0308. The number of hydrogen-bond donors (Lipinski definition) is 2. The van der Waals surface area contributed by atoms with Crippen molar-refractivity contribution in [3.05, 3.63) is 23.8 Å². The van der Waals surface area contributed by atoms with Crippen LogP contribution in [-0.4, -0.2) is 36.5 Å². The first-order valence-electron chi connectivity index (χ1n) is 5.79. The molecule has 1 aliphatic rings. The number of phenolic OH excluding ortho intramolecular Hbond substituents is 1. The third-order valence-electron chi connectivity index (χ3n) is 3.25. The molecular formula is C13H16O5. The number of aromatic hydroxyl groups is 1. The summed E-state index contributed by atoms with van der Waals surface area (Å²) in [5, 5.41) is 18.7. The summed E-state index contributed by atoms with van der Waals surface area (Å²) in [6.07, 6.45) is 0.605. The Hall–Kier alpha value is -1.75. The van der Waals surface area contributed by atoms with Gasteiger partial charge >= 0.3 is 5.97 Å². The van der Waals surface area contributed by atoms with Crippen molar-refractivity contribution in [2.24, 2.45) is 11.8 Å². The van der Waals surface area contributed by atoms with Crippen LogP contribution in [0.3, 0.4) is 0 Å². The number of esters is 1. The van der Waals surface area contributed by atoms with Gasteiger partial charge in [-0.05, 0) is 24.1 Å². The van der Waals surface area contributed by atoms with E-state index in [4.69, 9.17) is 14.6 Å². The maximum atomic E-state index is 11.3. The molecule has 0 saturated carbocycles. The fourth-order valence-corrected chi connectivity index (χ4v) is 2.18. The molecule has 0 unspecified atom stereocenters. The Morgan fingerprint density at radius 1 is 1.50 bits per heavy atom. The van der Waals surface area contributed by atoms with Crippen LogP contribution in [0.25, 0.3) is 0 Å². The van der Waals surface area contributed by atoms with Gasteiger partial charge in [0, 0.05) is 5.92 Å². The molecule has 1 aliphatic heterocycles. The average Bonchev–Trinajstić information content (AvgIpc) is 2.72. The molecule has 0 spiro atoms. The van der Waals surface area contributed by atoms with Gasteiger partial charge in [-0.25, -0.2) is 0 Å². The largest absolute Gasteiger partial charge is 0.504 e. The van der Waals surface area contributed by atoms with Gasteiger partial charge in [-0.2, -0.15) is 0 Å². The molecule has 5 heteroatoms. The van der Waals surface area contributed by atoms with Crippen LogP contribution in [-0.2, 0) is 16.0 Å². The second-order valence-electron chi connectivity index (χ2n) is 4.39. The zero-order chi connectivity index (χ0) is 13.1. The highest BCUT2D eigenvalue weighted by atomic mass is 16.5. The van der Waals surface area contributed by atoms with Gasteiger partial charge < -0.3 is 19.7 Å². The van der Waals surface area contributed by atoms with Crippen LogP contribution in [0.4, 0.5) is 0 Å². The van der Waals surface area contributed by atoms with Crippen molar-refractivity contribution < 1.29 is 24.5 Å². The highest BCUT2D eigenvalue weighted by Gasteiger charge is 2.36. The Morgan fingerprint density at radius 3 is 2.94 bits per heavy atom. The van der Waals surface area contributed by atoms with Gasteiger partial charge in [-0.3, -0.25) is 4.79 Å². The molecule has 2 N–H and O–H groups in total. The predicted octanol–water partition coefficient (Wildman–Crippen LogP) is 0.725. The van der Waals surface area contributed by atoms with E-state index in [1.807, 2.05) is 0 Å². The van der Waals surface area contributed by atoms with Crippen LogP contribution in [0, 0.1) is 11.8 Å². The number of aliphatic hydroxyl groups excluding tert-OH is 1. The number of aliphatic hydroxyl groups is 1. The maximum absolute atomic E-state index is 11.3. The van der Waals surface area contributed by atoms with Crippen LogP contribution in [0.2, 0.25) is 0 Å². The van der Waals surface area contributed by atoms with E-state index in [2.05, 4.69) is 0 Å². The van der Waals surface area contributed by atoms with E-state index in [1.165, 1.54) is 7.11 Å². The fourth-order valence-electron chi connectivity index (χ4n) is 2.18. The minimum Gasteiger partial charge on any atom is -0.504 e. The lowest BCUT2D eigenvalue weighted by Crippen LogP contribution is -2.21. The highest BCUT2D eigenvalue weighted by Crippen LogP contribution is 2.30. The molecular weight excluding hydrogens is 236 g/mol. The van der Waals surface area contributed by atoms with Crippen molar-refractivity contribution in [1.82, 2.24) is 0 Å². The van der Waals surface area contributed by atoms with Crippen molar-refractivity contribution in [3.63, 3.8) is 0 Å². The molecule has 1 fully saturated rings. The van der Waals surface area contributed by atoms with Gasteiger partial charge in [0.25, 0.3) is 0 Å². The molecule has 0 radical (unpaired) electrons. The van der Waals surface area contributed by atoms with Gasteiger partial charge in [0.05, 0.1) is 26.2 Å². The average molecular weight is 252 g/mol. The standard InChI is InChI=1S/C13H16O5/c1-17-12-5-8(2-3-11(12)15)4-9-7-18-13(16)10(9)6-14/h2-3,5,9-10,14-15H,4,6-7H2,1H3/t9-,10+/m0/s1. The number of hydrogen-bond acceptors (Lipinski definition) is 5. The summed E-state index contributed by atoms with van der Waals surface area (Å²) in [4.78, 5) is 11.3. The normalized spacial score (nSPS) is 22.9. The van der Waals surface area contributed by atoms with Crippen molar-refractivity contribution in [3.8, 4) is 11.5 Å². The van der Waals surface area contributed by atoms with E-state index < -0.39 is 5.92 Å². The number of carbonyl (C=O) groups excluding carboxylic acids is 1. The van der Waals surface area contributed by atoms with Gasteiger partial charge in [-0.1, -0.05) is 6.07 Å². The maximum Gasteiger partial charge on any atom is 0.311 e. The molecule has 18 heavy (non-hydrogen) atoms. The van der Waals surface area contributed by atoms with Gasteiger partial charge in [0.2, 0.25) is 0 Å². The smallest absolute Gasteiger partial charge is 0.311 e. The molecule has 0 aromatic heterocycles. The van der Waals surface area contributed by atoms with Crippen molar-refractivity contribution in [1.29, 1.82) is 0 Å². The van der Waals surface area contributed by atoms with E-state index in [1.54, 1.807) is 18.2 Å². The molecule has 2 atom stereocenters. The lowest BCUT2D eigenvalue weighted by Gasteiger charge is -2.13. The molecule has 0 bridgehead atoms. The van der Waals surface area contributed by atoms with E-state index >= 15 is 0 Å². The van der Waals surface area contributed by atoms with E-state index in [0.29, 0.717) is 18.8 Å². The Morgan fingerprint density at radius 2 is 2.28 bits per heavy atom. The van der Waals surface area contributed by atoms with E-state index in [-0.39, 0.29) is 24.2 Å². The lowest BCUT2D eigenvalue weighted by atomic mass is 9.90. The number of cyclic esters (lactones) is 1. The Bertz CT molecular complexity index is 443. The topological polar surface area (TPSA) is 76.0 Å². The third kappa shape index (κ3) is 2.41. The molecule has 0 aliphatic carbocycles. The van der Waals surface area contributed by atoms with Crippen LogP contribution in [0.5, 0.6) is 11.5 Å². The Labute approximate surface area is 105 Å². The number of benzene rings is 1.